The second-order valence-electron chi connectivity index (χ2n) is 5.64. The fourth-order valence-electron chi connectivity index (χ4n) is 2.36. The second-order valence-corrected chi connectivity index (χ2v) is 6.46. The standard InChI is InChI=1S/C19H23Cl2NO3.ClH/c1-3-14(11-23)22-10-13-7-8-18(19(9-13)24-2)25-12-15-16(20)5-4-6-17(15)21;/h4-9,14,22-23H,3,10-12H2,1-2H3;1H. The topological polar surface area (TPSA) is 50.7 Å². The van der Waals surface area contributed by atoms with E-state index in [1.165, 1.54) is 0 Å². The molecule has 0 radical (unpaired) electrons. The molecule has 0 aliphatic heterocycles. The minimum atomic E-state index is 0. The Morgan fingerprint density at radius 1 is 1.12 bits per heavy atom. The minimum Gasteiger partial charge on any atom is -0.493 e. The van der Waals surface area contributed by atoms with Gasteiger partial charge in [0, 0.05) is 28.2 Å². The van der Waals surface area contributed by atoms with Gasteiger partial charge in [-0.1, -0.05) is 42.3 Å². The Bertz CT molecular complexity index is 673. The third-order valence-electron chi connectivity index (χ3n) is 3.97. The Kier molecular flexibility index (Phi) is 10.1. The van der Waals surface area contributed by atoms with Crippen molar-refractivity contribution in [3.8, 4) is 11.5 Å². The van der Waals surface area contributed by atoms with Crippen molar-refractivity contribution in [2.24, 2.45) is 0 Å². The van der Waals surface area contributed by atoms with Crippen LogP contribution in [0.5, 0.6) is 11.5 Å². The van der Waals surface area contributed by atoms with E-state index in [1.54, 1.807) is 25.3 Å². The first-order chi connectivity index (χ1) is 12.1. The molecule has 0 heterocycles. The zero-order valence-corrected chi connectivity index (χ0v) is 17.1. The molecule has 0 aliphatic carbocycles. The number of halogens is 3. The highest BCUT2D eigenvalue weighted by atomic mass is 35.5. The summed E-state index contributed by atoms with van der Waals surface area (Å²) in [5.74, 6) is 1.26. The van der Waals surface area contributed by atoms with Gasteiger partial charge in [0.15, 0.2) is 11.5 Å². The van der Waals surface area contributed by atoms with Crippen LogP contribution in [0.3, 0.4) is 0 Å². The smallest absolute Gasteiger partial charge is 0.161 e. The van der Waals surface area contributed by atoms with E-state index in [4.69, 9.17) is 32.7 Å². The van der Waals surface area contributed by atoms with E-state index in [-0.39, 0.29) is 31.7 Å². The molecule has 0 aliphatic rings. The summed E-state index contributed by atoms with van der Waals surface area (Å²) in [6.45, 7) is 3.06. The molecule has 0 spiro atoms. The van der Waals surface area contributed by atoms with E-state index in [0.29, 0.717) is 28.1 Å². The molecule has 0 saturated heterocycles. The number of hydrogen-bond acceptors (Lipinski definition) is 4. The predicted octanol–water partition coefficient (Wildman–Crippen LogP) is 4.86. The number of aliphatic hydroxyl groups excluding tert-OH is 1. The maximum absolute atomic E-state index is 9.24. The van der Waals surface area contributed by atoms with Crippen LogP contribution in [0, 0.1) is 0 Å². The van der Waals surface area contributed by atoms with Crippen LogP contribution in [0.15, 0.2) is 36.4 Å². The van der Waals surface area contributed by atoms with Crippen molar-refractivity contribution in [2.45, 2.75) is 32.5 Å². The Morgan fingerprint density at radius 2 is 1.81 bits per heavy atom. The molecule has 0 saturated carbocycles. The van der Waals surface area contributed by atoms with Crippen LogP contribution in [0.4, 0.5) is 0 Å². The number of ether oxygens (including phenoxy) is 2. The van der Waals surface area contributed by atoms with Gasteiger partial charge in [0.05, 0.1) is 13.7 Å². The minimum absolute atomic E-state index is 0. The average Bonchev–Trinajstić information content (AvgIpc) is 2.62. The summed E-state index contributed by atoms with van der Waals surface area (Å²) in [6, 6.07) is 11.2. The second kappa shape index (κ2) is 11.5. The molecular weight excluding hydrogens is 397 g/mol. The third kappa shape index (κ3) is 6.22. The zero-order chi connectivity index (χ0) is 18.2. The van der Waals surface area contributed by atoms with E-state index in [1.807, 2.05) is 25.1 Å². The number of rotatable bonds is 9. The molecule has 0 bridgehead atoms. The maximum atomic E-state index is 9.24. The largest absolute Gasteiger partial charge is 0.493 e. The van der Waals surface area contributed by atoms with Crippen LogP contribution < -0.4 is 14.8 Å². The normalized spacial score (nSPS) is 11.6. The summed E-state index contributed by atoms with van der Waals surface area (Å²) in [4.78, 5) is 0. The molecule has 0 fully saturated rings. The fraction of sp³-hybridized carbons (Fsp3) is 0.368. The molecule has 4 nitrogen and oxygen atoms in total. The molecule has 7 heteroatoms. The number of hydrogen-bond donors (Lipinski definition) is 2. The molecule has 0 aromatic heterocycles. The summed E-state index contributed by atoms with van der Waals surface area (Å²) in [5, 5.41) is 13.7. The van der Waals surface area contributed by atoms with E-state index >= 15 is 0 Å². The highest BCUT2D eigenvalue weighted by molar-refractivity contribution is 6.35. The maximum Gasteiger partial charge on any atom is 0.161 e. The van der Waals surface area contributed by atoms with Gasteiger partial charge >= 0.3 is 0 Å². The highest BCUT2D eigenvalue weighted by Gasteiger charge is 2.11. The lowest BCUT2D eigenvalue weighted by atomic mass is 10.1. The van der Waals surface area contributed by atoms with Crippen molar-refractivity contribution < 1.29 is 14.6 Å². The van der Waals surface area contributed by atoms with Crippen molar-refractivity contribution in [3.63, 3.8) is 0 Å². The lowest BCUT2D eigenvalue weighted by Gasteiger charge is -2.16. The molecule has 2 aromatic carbocycles. The van der Waals surface area contributed by atoms with Gasteiger partial charge in [-0.3, -0.25) is 0 Å². The lowest BCUT2D eigenvalue weighted by Crippen LogP contribution is -2.31. The van der Waals surface area contributed by atoms with Crippen LogP contribution in [0.1, 0.15) is 24.5 Å². The van der Waals surface area contributed by atoms with Crippen molar-refractivity contribution in [3.05, 3.63) is 57.6 Å². The highest BCUT2D eigenvalue weighted by Crippen LogP contribution is 2.31. The fourth-order valence-corrected chi connectivity index (χ4v) is 2.87. The van der Waals surface area contributed by atoms with Crippen molar-refractivity contribution in [2.75, 3.05) is 13.7 Å². The molecule has 144 valence electrons. The summed E-state index contributed by atoms with van der Waals surface area (Å²) in [6.07, 6.45) is 0.868. The Balaban J connectivity index is 0.00000338. The van der Waals surface area contributed by atoms with Crippen molar-refractivity contribution in [1.82, 2.24) is 5.32 Å². The van der Waals surface area contributed by atoms with Gasteiger partial charge in [0.25, 0.3) is 0 Å². The summed E-state index contributed by atoms with van der Waals surface area (Å²) in [5.41, 5.74) is 1.79. The first kappa shape index (κ1) is 22.9. The Hall–Kier alpha value is -1.17. The van der Waals surface area contributed by atoms with Gasteiger partial charge in [-0.15, -0.1) is 12.4 Å². The summed E-state index contributed by atoms with van der Waals surface area (Å²) >= 11 is 12.3. The van der Waals surface area contributed by atoms with Crippen LogP contribution in [-0.2, 0) is 13.2 Å². The SMILES string of the molecule is CCC(CO)NCc1ccc(OCc2c(Cl)cccc2Cl)c(OC)c1.Cl. The molecule has 2 N–H and O–H groups in total. The van der Waals surface area contributed by atoms with Crippen LogP contribution in [0.2, 0.25) is 10.0 Å². The van der Waals surface area contributed by atoms with Crippen LogP contribution >= 0.6 is 35.6 Å². The number of benzene rings is 2. The molecule has 26 heavy (non-hydrogen) atoms. The molecular formula is C19H24Cl3NO3. The van der Waals surface area contributed by atoms with E-state index < -0.39 is 0 Å². The first-order valence-electron chi connectivity index (χ1n) is 8.15. The number of methoxy groups -OCH3 is 1. The zero-order valence-electron chi connectivity index (χ0n) is 14.8. The van der Waals surface area contributed by atoms with E-state index in [2.05, 4.69) is 5.32 Å². The Labute approximate surface area is 170 Å². The summed E-state index contributed by atoms with van der Waals surface area (Å²) < 4.78 is 11.3. The van der Waals surface area contributed by atoms with E-state index in [9.17, 15) is 5.11 Å². The summed E-state index contributed by atoms with van der Waals surface area (Å²) in [7, 11) is 1.60. The molecule has 1 unspecified atom stereocenters. The third-order valence-corrected chi connectivity index (χ3v) is 4.68. The number of nitrogens with one attached hydrogen (secondary N) is 1. The average molecular weight is 421 g/mol. The molecule has 2 aromatic rings. The quantitative estimate of drug-likeness (QED) is 0.608. The van der Waals surface area contributed by atoms with Crippen LogP contribution in [0.25, 0.3) is 0 Å². The van der Waals surface area contributed by atoms with Gasteiger partial charge in [-0.25, -0.2) is 0 Å². The van der Waals surface area contributed by atoms with Crippen molar-refractivity contribution >= 4 is 35.6 Å². The van der Waals surface area contributed by atoms with Gasteiger partial charge in [0.1, 0.15) is 6.61 Å². The molecule has 2 rings (SSSR count). The van der Waals surface area contributed by atoms with Gasteiger partial charge in [-0.05, 0) is 36.2 Å². The number of aliphatic hydroxyl groups is 1. The van der Waals surface area contributed by atoms with Gasteiger partial charge < -0.3 is 19.9 Å². The molecule has 1 atom stereocenters. The van der Waals surface area contributed by atoms with E-state index in [0.717, 1.165) is 17.5 Å². The predicted molar refractivity (Wildman–Crippen MR) is 109 cm³/mol. The monoisotopic (exact) mass is 419 g/mol. The van der Waals surface area contributed by atoms with Gasteiger partial charge in [0.2, 0.25) is 0 Å². The molecule has 0 amide bonds. The first-order valence-corrected chi connectivity index (χ1v) is 8.91. The lowest BCUT2D eigenvalue weighted by molar-refractivity contribution is 0.238. The Morgan fingerprint density at radius 3 is 2.38 bits per heavy atom. The van der Waals surface area contributed by atoms with Gasteiger partial charge in [-0.2, -0.15) is 0 Å². The van der Waals surface area contributed by atoms with Crippen LogP contribution in [-0.4, -0.2) is 24.9 Å². The van der Waals surface area contributed by atoms with Crippen molar-refractivity contribution in [1.29, 1.82) is 0 Å².